The summed E-state index contributed by atoms with van der Waals surface area (Å²) in [4.78, 5) is 46.7. The molecule has 13 nitrogen and oxygen atoms in total. The van der Waals surface area contributed by atoms with Crippen LogP contribution in [0.5, 0.6) is 5.75 Å². The monoisotopic (exact) mass is 674 g/mol. The van der Waals surface area contributed by atoms with Crippen molar-refractivity contribution in [1.29, 1.82) is 0 Å². The van der Waals surface area contributed by atoms with Gasteiger partial charge in [0.2, 0.25) is 11.8 Å². The van der Waals surface area contributed by atoms with Crippen molar-refractivity contribution >= 4 is 34.2 Å². The van der Waals surface area contributed by atoms with Gasteiger partial charge in [-0.2, -0.15) is 10.2 Å². The molecule has 1 saturated heterocycles. The molecule has 2 aliphatic heterocycles. The molecule has 0 spiro atoms. The second-order valence-electron chi connectivity index (χ2n) is 13.1. The maximum atomic E-state index is 13.8. The van der Waals surface area contributed by atoms with Crippen LogP contribution in [0.3, 0.4) is 0 Å². The fraction of sp³-hybridized carbons (Fsp3) is 0.378. The van der Waals surface area contributed by atoms with Gasteiger partial charge in [-0.25, -0.2) is 9.97 Å². The highest BCUT2D eigenvalue weighted by atomic mass is 16.5. The molecule has 1 N–H and O–H groups in total. The zero-order valence-electron chi connectivity index (χ0n) is 28.9. The van der Waals surface area contributed by atoms with Gasteiger partial charge >= 0.3 is 0 Å². The molecule has 2 amide bonds. The van der Waals surface area contributed by atoms with E-state index in [-0.39, 0.29) is 23.8 Å². The molecule has 2 aliphatic rings. The van der Waals surface area contributed by atoms with Crippen LogP contribution in [-0.2, 0) is 16.6 Å². The summed E-state index contributed by atoms with van der Waals surface area (Å²) in [5, 5.41) is 11.9. The number of anilines is 1. The minimum absolute atomic E-state index is 0.0254. The number of rotatable bonds is 10. The first-order valence-corrected chi connectivity index (χ1v) is 17.2. The molecule has 50 heavy (non-hydrogen) atoms. The van der Waals surface area contributed by atoms with Crippen LogP contribution in [0.4, 0.5) is 5.82 Å². The van der Waals surface area contributed by atoms with Gasteiger partial charge in [0.25, 0.3) is 0 Å². The standard InChI is InChI=1S/C37H42N10O3/c1-5-47(32-13-12-31-35(40-32)34(42-41-31)26-6-9-29(10-7-26)50-24(2)3)37(49)28-14-17-45(21-28)22-33(48)46-18-15-25(16-19-46)30-11-8-27(20-38-30)36-39-23-44(4)43-36/h6-13,15,20,23-24,28H,5,14,16-19,21-22H2,1-4H3,(H,41,42)/t28-/m1/s1. The van der Waals surface area contributed by atoms with Crippen molar-refractivity contribution in [3.63, 3.8) is 0 Å². The summed E-state index contributed by atoms with van der Waals surface area (Å²) >= 11 is 0. The quantitative estimate of drug-likeness (QED) is 0.225. The van der Waals surface area contributed by atoms with Gasteiger partial charge in [0.1, 0.15) is 29.1 Å². The molecular weight excluding hydrogens is 632 g/mol. The average Bonchev–Trinajstić information content (AvgIpc) is 3.89. The van der Waals surface area contributed by atoms with Crippen LogP contribution in [0.2, 0.25) is 0 Å². The number of likely N-dealkylation sites (tertiary alicyclic amines) is 1. The van der Waals surface area contributed by atoms with Crippen LogP contribution in [0.15, 0.2) is 67.1 Å². The third-order valence-corrected chi connectivity index (χ3v) is 9.24. The van der Waals surface area contributed by atoms with E-state index in [0.717, 1.165) is 45.8 Å². The Labute approximate surface area is 291 Å². The zero-order valence-corrected chi connectivity index (χ0v) is 28.9. The van der Waals surface area contributed by atoms with E-state index in [2.05, 4.69) is 36.2 Å². The number of hydrogen-bond donors (Lipinski definition) is 1. The van der Waals surface area contributed by atoms with E-state index < -0.39 is 0 Å². The lowest BCUT2D eigenvalue weighted by Gasteiger charge is -2.28. The highest BCUT2D eigenvalue weighted by molar-refractivity contribution is 5.97. The maximum absolute atomic E-state index is 13.8. The highest BCUT2D eigenvalue weighted by Gasteiger charge is 2.34. The van der Waals surface area contributed by atoms with Crippen molar-refractivity contribution in [2.45, 2.75) is 39.7 Å². The average molecular weight is 675 g/mol. The first kappa shape index (κ1) is 33.1. The van der Waals surface area contributed by atoms with Crippen molar-refractivity contribution in [3.8, 4) is 28.4 Å². The topological polar surface area (TPSA) is 138 Å². The second-order valence-corrected chi connectivity index (χ2v) is 13.1. The molecule has 13 heteroatoms. The minimum Gasteiger partial charge on any atom is -0.491 e. The number of nitrogens with zero attached hydrogens (tertiary/aromatic N) is 9. The molecule has 0 saturated carbocycles. The van der Waals surface area contributed by atoms with E-state index in [0.29, 0.717) is 62.8 Å². The predicted molar refractivity (Wildman–Crippen MR) is 191 cm³/mol. The summed E-state index contributed by atoms with van der Waals surface area (Å²) in [5.74, 6) is 1.93. The number of aromatic nitrogens is 7. The van der Waals surface area contributed by atoms with Crippen LogP contribution in [0.1, 0.15) is 39.3 Å². The first-order valence-electron chi connectivity index (χ1n) is 17.2. The van der Waals surface area contributed by atoms with Crippen molar-refractivity contribution in [2.75, 3.05) is 44.2 Å². The summed E-state index contributed by atoms with van der Waals surface area (Å²) in [6, 6.07) is 15.5. The Hall–Kier alpha value is -5.43. The normalized spacial score (nSPS) is 16.6. The van der Waals surface area contributed by atoms with Gasteiger partial charge in [0.15, 0.2) is 5.82 Å². The molecule has 0 unspecified atom stereocenters. The molecule has 6 heterocycles. The van der Waals surface area contributed by atoms with Gasteiger partial charge in [0, 0.05) is 50.6 Å². The number of aryl methyl sites for hydroxylation is 1. The molecule has 1 aromatic carbocycles. The van der Waals surface area contributed by atoms with Crippen LogP contribution in [0, 0.1) is 5.92 Å². The summed E-state index contributed by atoms with van der Waals surface area (Å²) in [5.41, 5.74) is 6.04. The van der Waals surface area contributed by atoms with E-state index in [1.165, 1.54) is 0 Å². The lowest BCUT2D eigenvalue weighted by molar-refractivity contribution is -0.132. The molecule has 0 bridgehead atoms. The van der Waals surface area contributed by atoms with E-state index in [4.69, 9.17) is 9.72 Å². The third-order valence-electron chi connectivity index (χ3n) is 9.24. The summed E-state index contributed by atoms with van der Waals surface area (Å²) in [6.07, 6.45) is 7.07. The molecule has 7 rings (SSSR count). The molecule has 258 valence electrons. The van der Waals surface area contributed by atoms with Crippen LogP contribution in [0.25, 0.3) is 39.3 Å². The van der Waals surface area contributed by atoms with Gasteiger partial charge in [-0.3, -0.25) is 34.2 Å². The molecule has 4 aromatic heterocycles. The van der Waals surface area contributed by atoms with Crippen LogP contribution >= 0.6 is 0 Å². The molecule has 1 atom stereocenters. The van der Waals surface area contributed by atoms with Gasteiger partial charge in [-0.15, -0.1) is 0 Å². The maximum Gasteiger partial charge on any atom is 0.237 e. The van der Waals surface area contributed by atoms with Gasteiger partial charge in [0.05, 0.1) is 29.8 Å². The summed E-state index contributed by atoms with van der Waals surface area (Å²) < 4.78 is 7.45. The summed E-state index contributed by atoms with van der Waals surface area (Å²) in [6.45, 7) is 9.16. The number of amides is 2. The Morgan fingerprint density at radius 3 is 2.54 bits per heavy atom. The minimum atomic E-state index is -0.208. The molecular formula is C37H42N10O3. The number of hydrogen-bond acceptors (Lipinski definition) is 9. The Balaban J connectivity index is 0.953. The van der Waals surface area contributed by atoms with E-state index in [9.17, 15) is 9.59 Å². The predicted octanol–water partition coefficient (Wildman–Crippen LogP) is 4.59. The van der Waals surface area contributed by atoms with Gasteiger partial charge in [-0.1, -0.05) is 6.08 Å². The fourth-order valence-corrected chi connectivity index (χ4v) is 6.64. The van der Waals surface area contributed by atoms with Crippen molar-refractivity contribution in [2.24, 2.45) is 13.0 Å². The number of carbonyl (C=O) groups is 2. The Kier molecular flexibility index (Phi) is 9.40. The fourth-order valence-electron chi connectivity index (χ4n) is 6.64. The number of pyridine rings is 2. The Morgan fingerprint density at radius 2 is 1.86 bits per heavy atom. The number of carbonyl (C=O) groups excluding carboxylic acids is 2. The molecule has 0 aliphatic carbocycles. The zero-order chi connectivity index (χ0) is 34.8. The number of H-pyrrole nitrogens is 1. The number of nitrogens with one attached hydrogen (secondary N) is 1. The van der Waals surface area contributed by atoms with Crippen molar-refractivity contribution in [1.82, 2.24) is 44.7 Å². The third kappa shape index (κ3) is 6.99. The SMILES string of the molecule is CCN(C(=O)[C@@H]1CCN(CC(=O)N2CC=C(c3ccc(-c4ncn(C)n4)cn3)CC2)C1)c1ccc2[nH]nc(-c3ccc(OC(C)C)cc3)c2n1. The summed E-state index contributed by atoms with van der Waals surface area (Å²) in [7, 11) is 1.84. The molecule has 5 aromatic rings. The molecule has 0 radical (unpaired) electrons. The van der Waals surface area contributed by atoms with E-state index in [1.807, 2.05) is 81.2 Å². The number of aromatic amines is 1. The largest absolute Gasteiger partial charge is 0.491 e. The molecule has 1 fully saturated rings. The second kappa shape index (κ2) is 14.2. The van der Waals surface area contributed by atoms with Gasteiger partial charge in [-0.05, 0) is 94.3 Å². The van der Waals surface area contributed by atoms with E-state index in [1.54, 1.807) is 22.1 Å². The smallest absolute Gasteiger partial charge is 0.237 e. The number of ether oxygens (including phenoxy) is 1. The Bertz CT molecular complexity index is 2020. The van der Waals surface area contributed by atoms with E-state index >= 15 is 0 Å². The van der Waals surface area contributed by atoms with Crippen molar-refractivity contribution < 1.29 is 14.3 Å². The number of fused-ring (bicyclic) bond motifs is 1. The van der Waals surface area contributed by atoms with Crippen LogP contribution < -0.4 is 9.64 Å². The highest BCUT2D eigenvalue weighted by Crippen LogP contribution is 2.30. The van der Waals surface area contributed by atoms with Crippen molar-refractivity contribution in [3.05, 3.63) is 72.8 Å². The first-order chi connectivity index (χ1) is 24.2. The number of benzene rings is 1. The lowest BCUT2D eigenvalue weighted by Crippen LogP contribution is -2.42. The lowest BCUT2D eigenvalue weighted by atomic mass is 10.0. The van der Waals surface area contributed by atoms with Gasteiger partial charge < -0.3 is 9.64 Å². The van der Waals surface area contributed by atoms with Crippen LogP contribution in [-0.4, -0.2) is 102 Å². The Morgan fingerprint density at radius 1 is 1.04 bits per heavy atom.